The first-order valence-electron chi connectivity index (χ1n) is 5.92. The molecule has 1 N–H and O–H groups in total. The maximum atomic E-state index is 11.4. The van der Waals surface area contributed by atoms with E-state index in [2.05, 4.69) is 24.1 Å². The number of nitrogens with one attached hydrogen (secondary N) is 1. The zero-order valence-electron chi connectivity index (χ0n) is 10.4. The maximum Gasteiger partial charge on any atom is 0.225 e. The number of hydrogen-bond donors (Lipinski definition) is 1. The van der Waals surface area contributed by atoms with Crippen molar-refractivity contribution in [3.63, 3.8) is 0 Å². The van der Waals surface area contributed by atoms with Crippen LogP contribution in [0.4, 0.5) is 11.4 Å². The Balaban J connectivity index is 2.75. The average Bonchev–Trinajstić information content (AvgIpc) is 2.31. The predicted molar refractivity (Wildman–Crippen MR) is 74.0 cm³/mol. The van der Waals surface area contributed by atoms with E-state index in [0.29, 0.717) is 12.3 Å². The van der Waals surface area contributed by atoms with E-state index in [1.807, 2.05) is 24.3 Å². The molecule has 94 valence electrons. The number of carbonyl (C=O) groups is 1. The van der Waals surface area contributed by atoms with Crippen LogP contribution in [0.5, 0.6) is 0 Å². The molecule has 1 aromatic carbocycles. The lowest BCUT2D eigenvalue weighted by Crippen LogP contribution is -2.22. The minimum atomic E-state index is -0.0447. The molecule has 4 heteroatoms. The monoisotopic (exact) mass is 254 g/mol. The number of halogens is 1. The van der Waals surface area contributed by atoms with Gasteiger partial charge in [-0.05, 0) is 32.0 Å². The van der Waals surface area contributed by atoms with Crippen LogP contribution in [0, 0.1) is 0 Å². The third-order valence-corrected chi connectivity index (χ3v) is 2.77. The molecule has 0 aliphatic carbocycles. The van der Waals surface area contributed by atoms with Gasteiger partial charge in [0.2, 0.25) is 5.91 Å². The summed E-state index contributed by atoms with van der Waals surface area (Å²) in [4.78, 5) is 13.7. The number of hydrogen-bond acceptors (Lipinski definition) is 2. The molecule has 0 atom stereocenters. The van der Waals surface area contributed by atoms with E-state index < -0.39 is 0 Å². The van der Waals surface area contributed by atoms with Crippen LogP contribution in [0.3, 0.4) is 0 Å². The number of nitrogens with zero attached hydrogens (tertiary/aromatic N) is 1. The second kappa shape index (κ2) is 7.17. The fourth-order valence-electron chi connectivity index (χ4n) is 1.68. The standard InChI is InChI=1S/C13H19ClN2O/c1-3-16(4-2)12-7-5-6-11(10-12)15-13(17)8-9-14/h5-7,10H,3-4,8-9H2,1-2H3,(H,15,17). The minimum absolute atomic E-state index is 0.0447. The van der Waals surface area contributed by atoms with Gasteiger partial charge in [-0.1, -0.05) is 6.07 Å². The Morgan fingerprint density at radius 1 is 1.35 bits per heavy atom. The molecule has 0 heterocycles. The third-order valence-electron chi connectivity index (χ3n) is 2.58. The Morgan fingerprint density at radius 2 is 2.06 bits per heavy atom. The molecular formula is C13H19ClN2O. The summed E-state index contributed by atoms with van der Waals surface area (Å²) in [5.41, 5.74) is 1.95. The van der Waals surface area contributed by atoms with E-state index in [1.54, 1.807) is 0 Å². The van der Waals surface area contributed by atoms with Crippen molar-refractivity contribution < 1.29 is 4.79 Å². The Bertz CT molecular complexity index is 364. The van der Waals surface area contributed by atoms with Crippen molar-refractivity contribution in [2.24, 2.45) is 0 Å². The lowest BCUT2D eigenvalue weighted by molar-refractivity contribution is -0.115. The van der Waals surface area contributed by atoms with Crippen LogP contribution in [0.15, 0.2) is 24.3 Å². The summed E-state index contributed by atoms with van der Waals surface area (Å²) in [6, 6.07) is 7.87. The van der Waals surface area contributed by atoms with E-state index >= 15 is 0 Å². The number of carbonyl (C=O) groups excluding carboxylic acids is 1. The Morgan fingerprint density at radius 3 is 2.65 bits per heavy atom. The van der Waals surface area contributed by atoms with Crippen LogP contribution < -0.4 is 10.2 Å². The molecule has 0 fully saturated rings. The second-order valence-electron chi connectivity index (χ2n) is 3.71. The number of alkyl halides is 1. The van der Waals surface area contributed by atoms with Gasteiger partial charge in [0.25, 0.3) is 0 Å². The molecule has 3 nitrogen and oxygen atoms in total. The maximum absolute atomic E-state index is 11.4. The first-order valence-corrected chi connectivity index (χ1v) is 6.45. The molecule has 1 aromatic rings. The van der Waals surface area contributed by atoms with Gasteiger partial charge >= 0.3 is 0 Å². The largest absolute Gasteiger partial charge is 0.372 e. The van der Waals surface area contributed by atoms with Gasteiger partial charge in [0.15, 0.2) is 0 Å². The Labute approximate surface area is 108 Å². The van der Waals surface area contributed by atoms with Crippen molar-refractivity contribution in [1.82, 2.24) is 0 Å². The zero-order valence-corrected chi connectivity index (χ0v) is 11.1. The molecule has 0 aliphatic heterocycles. The Hall–Kier alpha value is -1.22. The lowest BCUT2D eigenvalue weighted by atomic mass is 10.2. The SMILES string of the molecule is CCN(CC)c1cccc(NC(=O)CCCl)c1. The normalized spacial score (nSPS) is 10.1. The van der Waals surface area contributed by atoms with Crippen LogP contribution in [-0.2, 0) is 4.79 Å². The highest BCUT2D eigenvalue weighted by molar-refractivity contribution is 6.19. The summed E-state index contributed by atoms with van der Waals surface area (Å²) in [5, 5.41) is 2.84. The van der Waals surface area contributed by atoms with Crippen molar-refractivity contribution in [3.05, 3.63) is 24.3 Å². The van der Waals surface area contributed by atoms with Gasteiger partial charge in [0, 0.05) is 36.8 Å². The van der Waals surface area contributed by atoms with Crippen molar-refractivity contribution >= 4 is 28.9 Å². The predicted octanol–water partition coefficient (Wildman–Crippen LogP) is 3.10. The third kappa shape index (κ3) is 4.27. The first-order chi connectivity index (χ1) is 8.21. The average molecular weight is 255 g/mol. The highest BCUT2D eigenvalue weighted by atomic mass is 35.5. The summed E-state index contributed by atoms with van der Waals surface area (Å²) < 4.78 is 0. The number of amides is 1. The van der Waals surface area contributed by atoms with E-state index in [1.165, 1.54) is 0 Å². The van der Waals surface area contributed by atoms with Crippen molar-refractivity contribution in [2.75, 3.05) is 29.2 Å². The molecule has 17 heavy (non-hydrogen) atoms. The summed E-state index contributed by atoms with van der Waals surface area (Å²) >= 11 is 5.52. The van der Waals surface area contributed by atoms with E-state index in [-0.39, 0.29) is 5.91 Å². The van der Waals surface area contributed by atoms with Crippen LogP contribution in [0.25, 0.3) is 0 Å². The highest BCUT2D eigenvalue weighted by Crippen LogP contribution is 2.19. The van der Waals surface area contributed by atoms with E-state index in [9.17, 15) is 4.79 Å². The molecule has 0 saturated carbocycles. The van der Waals surface area contributed by atoms with Gasteiger partial charge in [-0.25, -0.2) is 0 Å². The summed E-state index contributed by atoms with van der Waals surface area (Å²) in [5.74, 6) is 0.304. The van der Waals surface area contributed by atoms with Gasteiger partial charge in [-0.15, -0.1) is 11.6 Å². The second-order valence-corrected chi connectivity index (χ2v) is 4.09. The van der Waals surface area contributed by atoms with Gasteiger partial charge in [-0.2, -0.15) is 0 Å². The molecule has 0 spiro atoms. The lowest BCUT2D eigenvalue weighted by Gasteiger charge is -2.21. The van der Waals surface area contributed by atoms with Crippen LogP contribution in [-0.4, -0.2) is 24.9 Å². The fraction of sp³-hybridized carbons (Fsp3) is 0.462. The zero-order chi connectivity index (χ0) is 12.7. The van der Waals surface area contributed by atoms with Crippen LogP contribution in [0.2, 0.25) is 0 Å². The first kappa shape index (κ1) is 13.8. The van der Waals surface area contributed by atoms with Crippen molar-refractivity contribution in [2.45, 2.75) is 20.3 Å². The summed E-state index contributed by atoms with van der Waals surface area (Å²) in [6.45, 7) is 6.13. The molecular weight excluding hydrogens is 236 g/mol. The van der Waals surface area contributed by atoms with Crippen molar-refractivity contribution in [1.29, 1.82) is 0 Å². The molecule has 0 unspecified atom stereocenters. The fourth-order valence-corrected chi connectivity index (χ4v) is 1.85. The van der Waals surface area contributed by atoms with Crippen molar-refractivity contribution in [3.8, 4) is 0 Å². The van der Waals surface area contributed by atoms with E-state index in [0.717, 1.165) is 24.5 Å². The quantitative estimate of drug-likeness (QED) is 0.792. The Kier molecular flexibility index (Phi) is 5.84. The summed E-state index contributed by atoms with van der Waals surface area (Å²) in [6.07, 6.45) is 0.344. The topological polar surface area (TPSA) is 32.3 Å². The number of benzene rings is 1. The summed E-state index contributed by atoms with van der Waals surface area (Å²) in [7, 11) is 0. The molecule has 0 radical (unpaired) electrons. The molecule has 0 aromatic heterocycles. The van der Waals surface area contributed by atoms with Gasteiger partial charge < -0.3 is 10.2 Å². The number of rotatable bonds is 6. The van der Waals surface area contributed by atoms with E-state index in [4.69, 9.17) is 11.6 Å². The molecule has 0 saturated heterocycles. The molecule has 0 bridgehead atoms. The number of anilines is 2. The van der Waals surface area contributed by atoms with Gasteiger partial charge in [0.1, 0.15) is 0 Å². The van der Waals surface area contributed by atoms with Gasteiger partial charge in [-0.3, -0.25) is 4.79 Å². The molecule has 1 rings (SSSR count). The van der Waals surface area contributed by atoms with Gasteiger partial charge in [0.05, 0.1) is 0 Å². The smallest absolute Gasteiger partial charge is 0.225 e. The van der Waals surface area contributed by atoms with Crippen LogP contribution in [0.1, 0.15) is 20.3 Å². The molecule has 0 aliphatic rings. The minimum Gasteiger partial charge on any atom is -0.372 e. The molecule has 1 amide bonds. The van der Waals surface area contributed by atoms with Crippen LogP contribution >= 0.6 is 11.6 Å². The highest BCUT2D eigenvalue weighted by Gasteiger charge is 2.04.